The summed E-state index contributed by atoms with van der Waals surface area (Å²) in [4.78, 5) is 15.3. The van der Waals surface area contributed by atoms with Crippen molar-refractivity contribution in [1.82, 2.24) is 4.98 Å². The molecular formula is C13H15ClN2O. The number of rotatable bonds is 3. The second kappa shape index (κ2) is 4.80. The van der Waals surface area contributed by atoms with Gasteiger partial charge in [-0.05, 0) is 31.0 Å². The van der Waals surface area contributed by atoms with Crippen molar-refractivity contribution in [3.63, 3.8) is 0 Å². The van der Waals surface area contributed by atoms with E-state index in [0.29, 0.717) is 28.2 Å². The van der Waals surface area contributed by atoms with Crippen molar-refractivity contribution < 1.29 is 0 Å². The van der Waals surface area contributed by atoms with Gasteiger partial charge in [-0.1, -0.05) is 24.9 Å². The lowest BCUT2D eigenvalue weighted by molar-refractivity contribution is 0.792. The number of unbranched alkanes of at least 4 members (excludes halogenated alkanes) is 1. The number of halogens is 1. The van der Waals surface area contributed by atoms with Gasteiger partial charge in [-0.2, -0.15) is 0 Å². The molecular weight excluding hydrogens is 236 g/mol. The number of aromatic nitrogens is 1. The van der Waals surface area contributed by atoms with Gasteiger partial charge < -0.3 is 10.7 Å². The Morgan fingerprint density at radius 3 is 2.88 bits per heavy atom. The van der Waals surface area contributed by atoms with Gasteiger partial charge >= 0.3 is 0 Å². The average molecular weight is 251 g/mol. The second-order valence-corrected chi connectivity index (χ2v) is 4.58. The first-order chi connectivity index (χ1) is 8.13. The molecule has 0 aliphatic rings. The molecule has 0 radical (unpaired) electrons. The van der Waals surface area contributed by atoms with Crippen molar-refractivity contribution in [2.75, 3.05) is 5.73 Å². The number of benzene rings is 1. The van der Waals surface area contributed by atoms with Gasteiger partial charge in [0.05, 0.1) is 5.52 Å². The minimum Gasteiger partial charge on any atom is -0.385 e. The maximum Gasteiger partial charge on any atom is 0.194 e. The molecule has 17 heavy (non-hydrogen) atoms. The lowest BCUT2D eigenvalue weighted by atomic mass is 10.1. The summed E-state index contributed by atoms with van der Waals surface area (Å²) in [5.74, 6) is 0.471. The van der Waals surface area contributed by atoms with Crippen LogP contribution in [0.2, 0.25) is 5.02 Å². The highest BCUT2D eigenvalue weighted by molar-refractivity contribution is 6.31. The van der Waals surface area contributed by atoms with E-state index in [1.54, 1.807) is 18.2 Å². The molecule has 0 saturated carbocycles. The Kier molecular flexibility index (Phi) is 3.38. The largest absolute Gasteiger partial charge is 0.385 e. The Morgan fingerprint density at radius 1 is 1.41 bits per heavy atom. The van der Waals surface area contributed by atoms with Gasteiger partial charge in [0.25, 0.3) is 0 Å². The highest BCUT2D eigenvalue weighted by Crippen LogP contribution is 2.18. The number of aromatic amines is 1. The van der Waals surface area contributed by atoms with E-state index in [1.165, 1.54) is 0 Å². The molecule has 0 spiro atoms. The summed E-state index contributed by atoms with van der Waals surface area (Å²) in [5, 5.41) is 1.17. The van der Waals surface area contributed by atoms with E-state index in [2.05, 4.69) is 11.9 Å². The highest BCUT2D eigenvalue weighted by atomic mass is 35.5. The quantitative estimate of drug-likeness (QED) is 0.879. The lowest BCUT2D eigenvalue weighted by Crippen LogP contribution is -2.14. The molecule has 4 heteroatoms. The maximum atomic E-state index is 12.2. The summed E-state index contributed by atoms with van der Waals surface area (Å²) in [6.07, 6.45) is 2.70. The molecule has 3 nitrogen and oxygen atoms in total. The van der Waals surface area contributed by atoms with Crippen molar-refractivity contribution in [2.45, 2.75) is 26.2 Å². The van der Waals surface area contributed by atoms with Crippen LogP contribution in [0, 0.1) is 0 Å². The van der Waals surface area contributed by atoms with Gasteiger partial charge in [0.2, 0.25) is 0 Å². The van der Waals surface area contributed by atoms with E-state index in [4.69, 9.17) is 17.3 Å². The van der Waals surface area contributed by atoms with Crippen LogP contribution < -0.4 is 11.2 Å². The zero-order valence-electron chi connectivity index (χ0n) is 9.72. The fraction of sp³-hybridized carbons (Fsp3) is 0.308. The number of fused-ring (bicyclic) bond motifs is 1. The second-order valence-electron chi connectivity index (χ2n) is 4.14. The van der Waals surface area contributed by atoms with Crippen LogP contribution >= 0.6 is 11.6 Å². The topological polar surface area (TPSA) is 58.9 Å². The van der Waals surface area contributed by atoms with Crippen LogP contribution in [0.15, 0.2) is 23.0 Å². The number of hydrogen-bond acceptors (Lipinski definition) is 2. The summed E-state index contributed by atoms with van der Waals surface area (Å²) in [6, 6.07) is 5.20. The van der Waals surface area contributed by atoms with Crippen molar-refractivity contribution >= 4 is 28.3 Å². The van der Waals surface area contributed by atoms with Gasteiger partial charge in [0.1, 0.15) is 5.82 Å². The number of hydrogen-bond donors (Lipinski definition) is 2. The number of H-pyrrole nitrogens is 1. The van der Waals surface area contributed by atoms with Crippen molar-refractivity contribution in [3.05, 3.63) is 39.0 Å². The van der Waals surface area contributed by atoms with Crippen LogP contribution in [-0.2, 0) is 6.42 Å². The number of anilines is 1. The van der Waals surface area contributed by atoms with Gasteiger partial charge in [0, 0.05) is 16.0 Å². The van der Waals surface area contributed by atoms with E-state index < -0.39 is 0 Å². The first kappa shape index (κ1) is 12.0. The fourth-order valence-electron chi connectivity index (χ4n) is 1.92. The average Bonchev–Trinajstić information content (AvgIpc) is 2.30. The Hall–Kier alpha value is -1.48. The summed E-state index contributed by atoms with van der Waals surface area (Å²) < 4.78 is 0. The molecule has 0 atom stereocenters. The number of nitrogens with two attached hydrogens (primary N) is 1. The van der Waals surface area contributed by atoms with Crippen LogP contribution in [0.25, 0.3) is 10.9 Å². The molecule has 90 valence electrons. The molecule has 0 unspecified atom stereocenters. The number of nitrogen functional groups attached to an aromatic ring is 1. The lowest BCUT2D eigenvalue weighted by Gasteiger charge is -2.07. The molecule has 1 heterocycles. The van der Waals surface area contributed by atoms with Crippen LogP contribution in [0.4, 0.5) is 5.82 Å². The van der Waals surface area contributed by atoms with Crippen LogP contribution in [-0.4, -0.2) is 4.98 Å². The molecule has 0 saturated heterocycles. The predicted molar refractivity (Wildman–Crippen MR) is 72.6 cm³/mol. The summed E-state index contributed by atoms with van der Waals surface area (Å²) in [5.41, 5.74) is 7.27. The van der Waals surface area contributed by atoms with E-state index in [1.807, 2.05) is 0 Å². The van der Waals surface area contributed by atoms with Gasteiger partial charge in [-0.15, -0.1) is 0 Å². The molecule has 2 aromatic rings. The molecule has 0 aliphatic heterocycles. The van der Waals surface area contributed by atoms with Gasteiger partial charge in [0.15, 0.2) is 5.43 Å². The Labute approximate surface area is 105 Å². The van der Waals surface area contributed by atoms with Gasteiger partial charge in [-0.3, -0.25) is 4.79 Å². The molecule has 0 fully saturated rings. The maximum absolute atomic E-state index is 12.2. The molecule has 0 aliphatic carbocycles. The van der Waals surface area contributed by atoms with E-state index >= 15 is 0 Å². The van der Waals surface area contributed by atoms with Gasteiger partial charge in [-0.25, -0.2) is 0 Å². The monoisotopic (exact) mass is 250 g/mol. The Morgan fingerprint density at radius 2 is 2.18 bits per heavy atom. The standard InChI is InChI=1S/C13H15ClN2O/c1-2-3-4-9-12(17)10-7-8(14)5-6-11(10)16-13(9)15/h5-7H,2-4H2,1H3,(H3,15,16,17). The number of nitrogens with one attached hydrogen (secondary N) is 1. The highest BCUT2D eigenvalue weighted by Gasteiger charge is 2.09. The molecule has 0 bridgehead atoms. The van der Waals surface area contributed by atoms with Crippen LogP contribution in [0.1, 0.15) is 25.3 Å². The zero-order valence-corrected chi connectivity index (χ0v) is 10.5. The zero-order chi connectivity index (χ0) is 12.4. The summed E-state index contributed by atoms with van der Waals surface area (Å²) in [7, 11) is 0. The van der Waals surface area contributed by atoms with Crippen LogP contribution in [0.5, 0.6) is 0 Å². The molecule has 3 N–H and O–H groups in total. The third kappa shape index (κ3) is 2.29. The first-order valence-corrected chi connectivity index (χ1v) is 6.11. The van der Waals surface area contributed by atoms with Crippen molar-refractivity contribution in [1.29, 1.82) is 0 Å². The predicted octanol–water partition coefficient (Wildman–Crippen LogP) is 3.11. The van der Waals surface area contributed by atoms with Crippen LogP contribution in [0.3, 0.4) is 0 Å². The van der Waals surface area contributed by atoms with Crippen molar-refractivity contribution in [2.24, 2.45) is 0 Å². The Balaban J connectivity index is 2.65. The summed E-state index contributed by atoms with van der Waals surface area (Å²) >= 11 is 5.90. The van der Waals surface area contributed by atoms with Crippen molar-refractivity contribution in [3.8, 4) is 0 Å². The SMILES string of the molecule is CCCCc1c(N)[nH]c2ccc(Cl)cc2c1=O. The normalized spacial score (nSPS) is 10.9. The Bertz CT molecular complexity index is 604. The molecule has 2 rings (SSSR count). The third-order valence-corrected chi connectivity index (χ3v) is 3.11. The third-order valence-electron chi connectivity index (χ3n) is 2.88. The van der Waals surface area contributed by atoms with E-state index in [9.17, 15) is 4.79 Å². The molecule has 1 aromatic carbocycles. The molecule has 0 amide bonds. The summed E-state index contributed by atoms with van der Waals surface area (Å²) in [6.45, 7) is 2.09. The fourth-order valence-corrected chi connectivity index (χ4v) is 2.09. The smallest absolute Gasteiger partial charge is 0.194 e. The minimum atomic E-state index is -0.00722. The number of pyridine rings is 1. The molecule has 1 aromatic heterocycles. The minimum absolute atomic E-state index is 0.00722. The first-order valence-electron chi connectivity index (χ1n) is 5.73. The van der Waals surface area contributed by atoms with E-state index in [0.717, 1.165) is 18.4 Å². The van der Waals surface area contributed by atoms with E-state index in [-0.39, 0.29) is 5.43 Å².